The minimum Gasteiger partial charge on any atom is -0.477 e. The van der Waals surface area contributed by atoms with Crippen LogP contribution in [0.5, 0.6) is 5.88 Å². The largest absolute Gasteiger partial charge is 0.477 e. The Bertz CT molecular complexity index is 516. The highest BCUT2D eigenvalue weighted by molar-refractivity contribution is 5.90. The lowest BCUT2D eigenvalue weighted by Gasteiger charge is -2.12. The number of anilines is 1. The van der Waals surface area contributed by atoms with Gasteiger partial charge in [-0.3, -0.25) is 5.32 Å². The minimum absolute atomic E-state index is 0.0361. The Labute approximate surface area is 115 Å². The molecule has 0 saturated carbocycles. The molecule has 0 aromatic carbocycles. The minimum atomic E-state index is -1.22. The first-order valence-corrected chi connectivity index (χ1v) is 5.75. The highest BCUT2D eigenvalue weighted by atomic mass is 16.5. The van der Waals surface area contributed by atoms with Gasteiger partial charge < -0.3 is 14.6 Å². The standard InChI is InChI=1S/C12H15N3O5/c1-4-5-19-12(18)15-11-13-6-8(10(16)17)9(14-11)20-7(2)3/h4,6-7H,1,5H2,2-3H3,(H,16,17)(H,13,14,15,18). The molecule has 1 aromatic rings. The Hall–Kier alpha value is -2.64. The SMILES string of the molecule is C=CCOC(=O)Nc1ncc(C(=O)O)c(OC(C)C)n1. The van der Waals surface area contributed by atoms with Crippen molar-refractivity contribution in [2.24, 2.45) is 0 Å². The summed E-state index contributed by atoms with van der Waals surface area (Å²) in [6.07, 6.45) is 1.41. The maximum Gasteiger partial charge on any atom is 0.414 e. The maximum atomic E-state index is 11.3. The number of carboxylic acid groups (broad SMARTS) is 1. The van der Waals surface area contributed by atoms with Gasteiger partial charge in [0, 0.05) is 0 Å². The van der Waals surface area contributed by atoms with Crippen LogP contribution in [0.2, 0.25) is 0 Å². The van der Waals surface area contributed by atoms with Crippen molar-refractivity contribution >= 4 is 18.0 Å². The fourth-order valence-electron chi connectivity index (χ4n) is 1.15. The summed E-state index contributed by atoms with van der Waals surface area (Å²) in [4.78, 5) is 29.8. The molecule has 20 heavy (non-hydrogen) atoms. The lowest BCUT2D eigenvalue weighted by molar-refractivity contribution is 0.0688. The number of nitrogens with one attached hydrogen (secondary N) is 1. The van der Waals surface area contributed by atoms with Gasteiger partial charge in [0.2, 0.25) is 11.8 Å². The van der Waals surface area contributed by atoms with Crippen LogP contribution in [0.15, 0.2) is 18.9 Å². The Morgan fingerprint density at radius 2 is 2.25 bits per heavy atom. The van der Waals surface area contributed by atoms with Gasteiger partial charge in [0.05, 0.1) is 12.3 Å². The number of carbonyl (C=O) groups excluding carboxylic acids is 1. The first-order chi connectivity index (χ1) is 9.43. The second-order valence-electron chi connectivity index (χ2n) is 3.90. The summed E-state index contributed by atoms with van der Waals surface area (Å²) >= 11 is 0. The molecular weight excluding hydrogens is 266 g/mol. The topological polar surface area (TPSA) is 111 Å². The average Bonchev–Trinajstić information content (AvgIpc) is 2.35. The van der Waals surface area contributed by atoms with Crippen molar-refractivity contribution in [1.29, 1.82) is 0 Å². The van der Waals surface area contributed by atoms with Crippen LogP contribution >= 0.6 is 0 Å². The molecule has 0 saturated heterocycles. The molecule has 2 N–H and O–H groups in total. The van der Waals surface area contributed by atoms with Crippen LogP contribution in [0.3, 0.4) is 0 Å². The Morgan fingerprint density at radius 1 is 1.55 bits per heavy atom. The monoisotopic (exact) mass is 281 g/mol. The lowest BCUT2D eigenvalue weighted by Crippen LogP contribution is -2.18. The molecular formula is C12H15N3O5. The molecule has 1 rings (SSSR count). The van der Waals surface area contributed by atoms with Crippen LogP contribution < -0.4 is 10.1 Å². The number of carboxylic acids is 1. The zero-order valence-electron chi connectivity index (χ0n) is 11.1. The summed E-state index contributed by atoms with van der Waals surface area (Å²) in [6, 6.07) is 0. The molecule has 0 unspecified atom stereocenters. The van der Waals surface area contributed by atoms with E-state index in [1.54, 1.807) is 13.8 Å². The summed E-state index contributed by atoms with van der Waals surface area (Å²) in [5.74, 6) is -1.46. The fraction of sp³-hybridized carbons (Fsp3) is 0.333. The van der Waals surface area contributed by atoms with Gasteiger partial charge in [-0.2, -0.15) is 4.98 Å². The van der Waals surface area contributed by atoms with Crippen molar-refractivity contribution in [2.75, 3.05) is 11.9 Å². The molecule has 0 spiro atoms. The molecule has 0 aliphatic heterocycles. The molecule has 1 aromatic heterocycles. The van der Waals surface area contributed by atoms with Crippen LogP contribution in [-0.2, 0) is 4.74 Å². The summed E-state index contributed by atoms with van der Waals surface area (Å²) in [6.45, 7) is 6.87. The van der Waals surface area contributed by atoms with Gasteiger partial charge in [0.25, 0.3) is 0 Å². The molecule has 8 heteroatoms. The number of carbonyl (C=O) groups is 2. The van der Waals surface area contributed by atoms with Crippen molar-refractivity contribution < 1.29 is 24.2 Å². The quantitative estimate of drug-likeness (QED) is 0.763. The normalized spacial score (nSPS) is 9.95. The number of ether oxygens (including phenoxy) is 2. The Morgan fingerprint density at radius 3 is 2.80 bits per heavy atom. The van der Waals surface area contributed by atoms with E-state index in [2.05, 4.69) is 26.6 Å². The van der Waals surface area contributed by atoms with Crippen molar-refractivity contribution in [2.45, 2.75) is 20.0 Å². The van der Waals surface area contributed by atoms with E-state index in [0.717, 1.165) is 6.20 Å². The van der Waals surface area contributed by atoms with Gasteiger partial charge in [-0.05, 0) is 13.8 Å². The molecule has 0 bridgehead atoms. The number of aromatic carboxylic acids is 1. The Kier molecular flexibility index (Phi) is 5.45. The van der Waals surface area contributed by atoms with Gasteiger partial charge in [0.15, 0.2) is 0 Å². The Balaban J connectivity index is 2.91. The molecule has 0 fully saturated rings. The van der Waals surface area contributed by atoms with E-state index in [-0.39, 0.29) is 30.1 Å². The van der Waals surface area contributed by atoms with E-state index in [0.29, 0.717) is 0 Å². The third-order valence-corrected chi connectivity index (χ3v) is 1.88. The number of amides is 1. The molecule has 108 valence electrons. The fourth-order valence-corrected chi connectivity index (χ4v) is 1.15. The lowest BCUT2D eigenvalue weighted by atomic mass is 10.3. The van der Waals surface area contributed by atoms with Gasteiger partial charge in [-0.25, -0.2) is 14.6 Å². The predicted octanol–water partition coefficient (Wildman–Crippen LogP) is 1.70. The number of rotatable bonds is 6. The zero-order valence-corrected chi connectivity index (χ0v) is 11.1. The van der Waals surface area contributed by atoms with Crippen LogP contribution in [0, 0.1) is 0 Å². The molecule has 0 aliphatic carbocycles. The number of hydrogen-bond donors (Lipinski definition) is 2. The molecule has 1 amide bonds. The second kappa shape index (κ2) is 7.07. The maximum absolute atomic E-state index is 11.3. The van der Waals surface area contributed by atoms with E-state index < -0.39 is 12.1 Å². The van der Waals surface area contributed by atoms with E-state index in [1.165, 1.54) is 6.08 Å². The van der Waals surface area contributed by atoms with Crippen LogP contribution in [-0.4, -0.2) is 39.8 Å². The van der Waals surface area contributed by atoms with Crippen molar-refractivity contribution in [3.8, 4) is 5.88 Å². The second-order valence-corrected chi connectivity index (χ2v) is 3.90. The molecule has 1 heterocycles. The van der Waals surface area contributed by atoms with Crippen molar-refractivity contribution in [3.05, 3.63) is 24.4 Å². The van der Waals surface area contributed by atoms with Crippen LogP contribution in [0.1, 0.15) is 24.2 Å². The number of hydrogen-bond acceptors (Lipinski definition) is 6. The first kappa shape index (κ1) is 15.4. The van der Waals surface area contributed by atoms with E-state index >= 15 is 0 Å². The highest BCUT2D eigenvalue weighted by Crippen LogP contribution is 2.18. The van der Waals surface area contributed by atoms with Crippen molar-refractivity contribution in [1.82, 2.24) is 9.97 Å². The third kappa shape index (κ3) is 4.56. The third-order valence-electron chi connectivity index (χ3n) is 1.88. The number of nitrogens with zero attached hydrogens (tertiary/aromatic N) is 2. The van der Waals surface area contributed by atoms with Gasteiger partial charge in [0.1, 0.15) is 12.2 Å². The molecule has 0 radical (unpaired) electrons. The first-order valence-electron chi connectivity index (χ1n) is 5.75. The predicted molar refractivity (Wildman–Crippen MR) is 69.9 cm³/mol. The number of aromatic nitrogens is 2. The zero-order chi connectivity index (χ0) is 15.1. The van der Waals surface area contributed by atoms with Gasteiger partial charge in [-0.15, -0.1) is 0 Å². The summed E-state index contributed by atoms with van der Waals surface area (Å²) < 4.78 is 9.96. The van der Waals surface area contributed by atoms with Crippen LogP contribution in [0.25, 0.3) is 0 Å². The highest BCUT2D eigenvalue weighted by Gasteiger charge is 2.17. The summed E-state index contributed by atoms with van der Waals surface area (Å²) in [7, 11) is 0. The molecule has 8 nitrogen and oxygen atoms in total. The van der Waals surface area contributed by atoms with E-state index in [4.69, 9.17) is 9.84 Å². The van der Waals surface area contributed by atoms with Crippen molar-refractivity contribution in [3.63, 3.8) is 0 Å². The van der Waals surface area contributed by atoms with E-state index in [1.807, 2.05) is 0 Å². The molecule has 0 atom stereocenters. The smallest absolute Gasteiger partial charge is 0.414 e. The summed E-state index contributed by atoms with van der Waals surface area (Å²) in [5, 5.41) is 11.2. The van der Waals surface area contributed by atoms with Gasteiger partial charge >= 0.3 is 12.1 Å². The average molecular weight is 281 g/mol. The van der Waals surface area contributed by atoms with Gasteiger partial charge in [-0.1, -0.05) is 12.7 Å². The van der Waals surface area contributed by atoms with Crippen LogP contribution in [0.4, 0.5) is 10.7 Å². The summed E-state index contributed by atoms with van der Waals surface area (Å²) in [5.41, 5.74) is -0.191. The molecule has 0 aliphatic rings. The van der Waals surface area contributed by atoms with E-state index in [9.17, 15) is 9.59 Å².